The van der Waals surface area contributed by atoms with Crippen LogP contribution in [0.3, 0.4) is 0 Å². The number of rotatable bonds is 10. The summed E-state index contributed by atoms with van der Waals surface area (Å²) in [7, 11) is 1.62. The van der Waals surface area contributed by atoms with E-state index in [1.165, 1.54) is 6.92 Å². The minimum absolute atomic E-state index is 0.0106. The van der Waals surface area contributed by atoms with Crippen molar-refractivity contribution in [3.8, 4) is 0 Å². The van der Waals surface area contributed by atoms with Crippen molar-refractivity contribution >= 4 is 23.1 Å². The molecule has 1 heterocycles. The summed E-state index contributed by atoms with van der Waals surface area (Å²) in [5.74, 6) is 0.151. The Morgan fingerprint density at radius 1 is 1.29 bits per heavy atom. The van der Waals surface area contributed by atoms with Gasteiger partial charge in [-0.25, -0.2) is 4.98 Å². The fourth-order valence-corrected chi connectivity index (χ4v) is 1.87. The van der Waals surface area contributed by atoms with Gasteiger partial charge in [0.25, 0.3) is 0 Å². The third-order valence-electron chi connectivity index (χ3n) is 2.65. The Morgan fingerprint density at radius 2 is 2.05 bits per heavy atom. The Bertz CT molecular complexity index is 473. The first kappa shape index (κ1) is 17.5. The van der Waals surface area contributed by atoms with Gasteiger partial charge in [0.05, 0.1) is 18.1 Å². The van der Waals surface area contributed by atoms with Crippen molar-refractivity contribution in [3.05, 3.63) is 21.1 Å². The molecule has 0 atom stereocenters. The van der Waals surface area contributed by atoms with E-state index in [0.717, 1.165) is 12.8 Å². The number of nitrogens with one attached hydrogen (secondary N) is 1. The summed E-state index contributed by atoms with van der Waals surface area (Å²) in [5, 5.41) is 13.9. The highest BCUT2D eigenvalue weighted by molar-refractivity contribution is 6.28. The lowest BCUT2D eigenvalue weighted by Gasteiger charge is -2.08. The minimum atomic E-state index is -0.512. The molecule has 1 rings (SSSR count). The topological polar surface area (TPSA) is 99.4 Å². The molecule has 118 valence electrons. The molecule has 0 radical (unpaired) electrons. The van der Waals surface area contributed by atoms with Crippen molar-refractivity contribution in [1.29, 1.82) is 0 Å². The van der Waals surface area contributed by atoms with E-state index in [1.54, 1.807) is 7.11 Å². The molecule has 21 heavy (non-hydrogen) atoms. The molecule has 8 nitrogen and oxygen atoms in total. The Labute approximate surface area is 128 Å². The van der Waals surface area contributed by atoms with Gasteiger partial charge in [0, 0.05) is 20.3 Å². The second-order valence-electron chi connectivity index (χ2n) is 4.27. The van der Waals surface area contributed by atoms with Crippen LogP contribution in [0, 0.1) is 17.0 Å². The first-order valence-electron chi connectivity index (χ1n) is 6.55. The van der Waals surface area contributed by atoms with Crippen LogP contribution in [0.25, 0.3) is 0 Å². The Hall–Kier alpha value is -1.51. The van der Waals surface area contributed by atoms with E-state index in [1.807, 2.05) is 0 Å². The number of ether oxygens (including phenoxy) is 2. The largest absolute Gasteiger partial charge is 0.382 e. The summed E-state index contributed by atoms with van der Waals surface area (Å²) >= 11 is 5.72. The van der Waals surface area contributed by atoms with Gasteiger partial charge in [0.2, 0.25) is 11.1 Å². The number of methoxy groups -OCH3 is 1. The van der Waals surface area contributed by atoms with E-state index in [0.29, 0.717) is 26.4 Å². The Balaban J connectivity index is 2.40. The number of hydrogen-bond donors (Lipinski definition) is 1. The molecule has 1 aromatic rings. The van der Waals surface area contributed by atoms with Gasteiger partial charge in [-0.1, -0.05) is 0 Å². The number of nitrogens with zero attached hydrogens (tertiary/aromatic N) is 3. The molecule has 1 N–H and O–H groups in total. The van der Waals surface area contributed by atoms with Crippen LogP contribution < -0.4 is 5.32 Å². The molecule has 0 aliphatic heterocycles. The maximum absolute atomic E-state index is 11.0. The molecule has 0 saturated heterocycles. The molecule has 0 aliphatic rings. The van der Waals surface area contributed by atoms with Crippen LogP contribution in [0.4, 0.5) is 11.5 Å². The van der Waals surface area contributed by atoms with Crippen LogP contribution >= 0.6 is 11.6 Å². The number of nitro groups is 1. The van der Waals surface area contributed by atoms with Gasteiger partial charge in [0.15, 0.2) is 0 Å². The predicted molar refractivity (Wildman–Crippen MR) is 78.9 cm³/mol. The molecule has 0 saturated carbocycles. The van der Waals surface area contributed by atoms with Gasteiger partial charge in [0.1, 0.15) is 5.69 Å². The number of aromatic nitrogens is 2. The second-order valence-corrected chi connectivity index (χ2v) is 4.61. The molecule has 0 aliphatic carbocycles. The predicted octanol–water partition coefficient (Wildman–Crippen LogP) is 2.20. The zero-order chi connectivity index (χ0) is 15.7. The van der Waals surface area contributed by atoms with Crippen molar-refractivity contribution < 1.29 is 14.4 Å². The molecule has 1 aromatic heterocycles. The number of hydrogen-bond acceptors (Lipinski definition) is 7. The molecular formula is C12H19ClN4O4. The fraction of sp³-hybridized carbons (Fsp3) is 0.667. The quantitative estimate of drug-likeness (QED) is 0.305. The Morgan fingerprint density at radius 3 is 2.71 bits per heavy atom. The molecule has 0 aromatic carbocycles. The van der Waals surface area contributed by atoms with Gasteiger partial charge in [-0.15, -0.1) is 0 Å². The SMILES string of the molecule is COCCOCCCCNc1nc(Cl)nc(C)c1[N+](=O)[O-]. The summed E-state index contributed by atoms with van der Waals surface area (Å²) in [6, 6.07) is 0. The molecule has 0 amide bonds. The van der Waals surface area contributed by atoms with Gasteiger partial charge in [-0.2, -0.15) is 4.98 Å². The summed E-state index contributed by atoms with van der Waals surface area (Å²) in [6.45, 7) is 3.83. The monoisotopic (exact) mass is 318 g/mol. The zero-order valence-electron chi connectivity index (χ0n) is 12.1. The molecule has 9 heteroatoms. The molecule has 0 spiro atoms. The highest BCUT2D eigenvalue weighted by Gasteiger charge is 2.21. The average molecular weight is 319 g/mol. The first-order valence-corrected chi connectivity index (χ1v) is 6.93. The minimum Gasteiger partial charge on any atom is -0.382 e. The number of halogens is 1. The van der Waals surface area contributed by atoms with Crippen molar-refractivity contribution in [2.75, 3.05) is 38.8 Å². The van der Waals surface area contributed by atoms with E-state index in [9.17, 15) is 10.1 Å². The molecule has 0 bridgehead atoms. The van der Waals surface area contributed by atoms with E-state index in [-0.39, 0.29) is 22.5 Å². The van der Waals surface area contributed by atoms with Crippen molar-refractivity contribution in [2.45, 2.75) is 19.8 Å². The highest BCUT2D eigenvalue weighted by Crippen LogP contribution is 2.26. The van der Waals surface area contributed by atoms with E-state index in [4.69, 9.17) is 21.1 Å². The summed E-state index contributed by atoms with van der Waals surface area (Å²) in [6.07, 6.45) is 1.63. The third kappa shape index (κ3) is 6.19. The van der Waals surface area contributed by atoms with Crippen molar-refractivity contribution in [1.82, 2.24) is 9.97 Å². The van der Waals surface area contributed by atoms with Crippen molar-refractivity contribution in [3.63, 3.8) is 0 Å². The van der Waals surface area contributed by atoms with E-state index in [2.05, 4.69) is 15.3 Å². The molecule has 0 fully saturated rings. The first-order chi connectivity index (χ1) is 10.1. The maximum Gasteiger partial charge on any atom is 0.332 e. The number of aryl methyl sites for hydroxylation is 1. The number of unbranched alkanes of at least 4 members (excludes halogenated alkanes) is 1. The second kappa shape index (κ2) is 9.43. The lowest BCUT2D eigenvalue weighted by atomic mass is 10.3. The van der Waals surface area contributed by atoms with Gasteiger partial charge < -0.3 is 14.8 Å². The normalized spacial score (nSPS) is 10.6. The van der Waals surface area contributed by atoms with Crippen LogP contribution in [0.15, 0.2) is 0 Å². The van der Waals surface area contributed by atoms with E-state index >= 15 is 0 Å². The standard InChI is InChI=1S/C12H19ClN4O4/c1-9-10(17(18)19)11(16-12(13)15-9)14-5-3-4-6-21-8-7-20-2/h3-8H2,1-2H3,(H,14,15,16). The maximum atomic E-state index is 11.0. The number of anilines is 1. The van der Waals surface area contributed by atoms with Crippen LogP contribution in [0.5, 0.6) is 0 Å². The lowest BCUT2D eigenvalue weighted by molar-refractivity contribution is -0.385. The van der Waals surface area contributed by atoms with Crippen LogP contribution in [0.2, 0.25) is 5.28 Å². The summed E-state index contributed by atoms with van der Waals surface area (Å²) < 4.78 is 10.2. The average Bonchev–Trinajstić information content (AvgIpc) is 2.40. The summed E-state index contributed by atoms with van der Waals surface area (Å²) in [4.78, 5) is 18.1. The van der Waals surface area contributed by atoms with Crippen LogP contribution in [0.1, 0.15) is 18.5 Å². The fourth-order valence-electron chi connectivity index (χ4n) is 1.65. The lowest BCUT2D eigenvalue weighted by Crippen LogP contribution is -2.10. The van der Waals surface area contributed by atoms with Gasteiger partial charge >= 0.3 is 5.69 Å². The zero-order valence-corrected chi connectivity index (χ0v) is 12.9. The van der Waals surface area contributed by atoms with Crippen LogP contribution in [-0.4, -0.2) is 48.4 Å². The highest BCUT2D eigenvalue weighted by atomic mass is 35.5. The molecule has 0 unspecified atom stereocenters. The third-order valence-corrected chi connectivity index (χ3v) is 2.82. The van der Waals surface area contributed by atoms with E-state index < -0.39 is 4.92 Å². The smallest absolute Gasteiger partial charge is 0.332 e. The van der Waals surface area contributed by atoms with Crippen molar-refractivity contribution in [2.24, 2.45) is 0 Å². The van der Waals surface area contributed by atoms with Gasteiger partial charge in [-0.3, -0.25) is 10.1 Å². The molecular weight excluding hydrogens is 300 g/mol. The Kier molecular flexibility index (Phi) is 7.88. The van der Waals surface area contributed by atoms with Gasteiger partial charge in [-0.05, 0) is 31.4 Å². The van der Waals surface area contributed by atoms with Crippen LogP contribution in [-0.2, 0) is 9.47 Å². The summed E-state index contributed by atoms with van der Waals surface area (Å²) in [5.41, 5.74) is 0.0983.